The summed E-state index contributed by atoms with van der Waals surface area (Å²) in [6.45, 7) is 8.20. The van der Waals surface area contributed by atoms with E-state index in [1.807, 2.05) is 11.8 Å². The summed E-state index contributed by atoms with van der Waals surface area (Å²) in [4.78, 5) is 4.00. The van der Waals surface area contributed by atoms with E-state index in [0.29, 0.717) is 12.1 Å². The van der Waals surface area contributed by atoms with Gasteiger partial charge in [-0.15, -0.1) is 11.8 Å². The second-order valence-electron chi connectivity index (χ2n) is 6.09. The van der Waals surface area contributed by atoms with Crippen molar-refractivity contribution >= 4 is 11.8 Å². The van der Waals surface area contributed by atoms with Gasteiger partial charge < -0.3 is 5.32 Å². The molecule has 0 aromatic heterocycles. The molecule has 0 amide bonds. The van der Waals surface area contributed by atoms with Gasteiger partial charge in [0.2, 0.25) is 0 Å². The molecule has 0 spiro atoms. The highest BCUT2D eigenvalue weighted by Gasteiger charge is 2.20. The molecule has 1 aromatic carbocycles. The van der Waals surface area contributed by atoms with Crippen LogP contribution < -0.4 is 5.32 Å². The SMILES string of the molecule is CCCN(CC1CCCCN1)C(C)c1ccc(SC)cc1. The molecule has 2 atom stereocenters. The molecule has 2 nitrogen and oxygen atoms in total. The van der Waals surface area contributed by atoms with Crippen LogP contribution in [0.15, 0.2) is 29.2 Å². The second kappa shape index (κ2) is 8.82. The lowest BCUT2D eigenvalue weighted by Crippen LogP contribution is -2.44. The van der Waals surface area contributed by atoms with Crippen molar-refractivity contribution in [3.8, 4) is 0 Å². The zero-order chi connectivity index (χ0) is 15.1. The first kappa shape index (κ1) is 16.9. The summed E-state index contributed by atoms with van der Waals surface area (Å²) in [5.41, 5.74) is 1.44. The van der Waals surface area contributed by atoms with Crippen LogP contribution in [0.3, 0.4) is 0 Å². The zero-order valence-corrected chi connectivity index (χ0v) is 14.6. The summed E-state index contributed by atoms with van der Waals surface area (Å²) in [6.07, 6.45) is 7.42. The molecule has 1 heterocycles. The second-order valence-corrected chi connectivity index (χ2v) is 6.97. The van der Waals surface area contributed by atoms with Gasteiger partial charge in [0.05, 0.1) is 0 Å². The van der Waals surface area contributed by atoms with E-state index in [9.17, 15) is 0 Å². The Bertz CT molecular complexity index is 398. The van der Waals surface area contributed by atoms with Gasteiger partial charge in [0, 0.05) is 23.5 Å². The molecular formula is C18H30N2S. The van der Waals surface area contributed by atoms with Gasteiger partial charge in [-0.3, -0.25) is 4.90 Å². The predicted octanol–water partition coefficient (Wildman–Crippen LogP) is 4.32. The summed E-state index contributed by atoms with van der Waals surface area (Å²) in [6, 6.07) is 10.3. The standard InChI is InChI=1S/C18H30N2S/c1-4-13-20(14-17-7-5-6-12-19-17)15(2)16-8-10-18(21-3)11-9-16/h8-11,15,17,19H,4-7,12-14H2,1-3H3. The molecule has 1 aromatic rings. The monoisotopic (exact) mass is 306 g/mol. The van der Waals surface area contributed by atoms with Crippen molar-refractivity contribution in [2.24, 2.45) is 0 Å². The van der Waals surface area contributed by atoms with Crippen LogP contribution in [0.2, 0.25) is 0 Å². The lowest BCUT2D eigenvalue weighted by Gasteiger charge is -2.34. The molecule has 3 heteroatoms. The van der Waals surface area contributed by atoms with Gasteiger partial charge in [0.25, 0.3) is 0 Å². The van der Waals surface area contributed by atoms with Crippen molar-refractivity contribution in [1.29, 1.82) is 0 Å². The van der Waals surface area contributed by atoms with Gasteiger partial charge in [0.1, 0.15) is 0 Å². The summed E-state index contributed by atoms with van der Waals surface area (Å²) in [5.74, 6) is 0. The fourth-order valence-corrected chi connectivity index (χ4v) is 3.59. The van der Waals surface area contributed by atoms with Gasteiger partial charge in [-0.1, -0.05) is 25.5 Å². The Balaban J connectivity index is 2.00. The maximum Gasteiger partial charge on any atom is 0.0320 e. The molecule has 1 saturated heterocycles. The number of thioether (sulfide) groups is 1. The highest BCUT2D eigenvalue weighted by atomic mass is 32.2. The van der Waals surface area contributed by atoms with E-state index in [1.54, 1.807) is 0 Å². The summed E-state index contributed by atoms with van der Waals surface area (Å²) >= 11 is 1.81. The zero-order valence-electron chi connectivity index (χ0n) is 13.8. The van der Waals surface area contributed by atoms with Crippen LogP contribution in [0.4, 0.5) is 0 Å². The molecule has 0 aliphatic carbocycles. The molecule has 0 saturated carbocycles. The molecule has 0 bridgehead atoms. The smallest absolute Gasteiger partial charge is 0.0320 e. The van der Waals surface area contributed by atoms with E-state index < -0.39 is 0 Å². The van der Waals surface area contributed by atoms with Crippen molar-refractivity contribution in [2.45, 2.75) is 56.5 Å². The first-order chi connectivity index (χ1) is 10.2. The third-order valence-electron chi connectivity index (χ3n) is 4.52. The molecule has 1 fully saturated rings. The summed E-state index contributed by atoms with van der Waals surface area (Å²) in [5, 5.41) is 3.69. The quantitative estimate of drug-likeness (QED) is 0.755. The number of nitrogens with zero attached hydrogens (tertiary/aromatic N) is 1. The topological polar surface area (TPSA) is 15.3 Å². The summed E-state index contributed by atoms with van der Waals surface area (Å²) < 4.78 is 0. The van der Waals surface area contributed by atoms with Gasteiger partial charge in [-0.05, 0) is 63.2 Å². The minimum atomic E-state index is 0.504. The first-order valence-electron chi connectivity index (χ1n) is 8.36. The van der Waals surface area contributed by atoms with Gasteiger partial charge in [-0.25, -0.2) is 0 Å². The Morgan fingerprint density at radius 1 is 1.29 bits per heavy atom. The Hall–Kier alpha value is -0.510. The minimum absolute atomic E-state index is 0.504. The Morgan fingerprint density at radius 2 is 2.05 bits per heavy atom. The van der Waals surface area contributed by atoms with E-state index in [-0.39, 0.29) is 0 Å². The van der Waals surface area contributed by atoms with E-state index >= 15 is 0 Å². The van der Waals surface area contributed by atoms with Crippen LogP contribution in [0, 0.1) is 0 Å². The molecule has 1 aliphatic rings. The molecule has 118 valence electrons. The van der Waals surface area contributed by atoms with Crippen LogP contribution in [-0.4, -0.2) is 36.8 Å². The molecule has 1 aliphatic heterocycles. The molecule has 0 radical (unpaired) electrons. The highest BCUT2D eigenvalue weighted by molar-refractivity contribution is 7.98. The van der Waals surface area contributed by atoms with E-state index in [4.69, 9.17) is 0 Å². The predicted molar refractivity (Wildman–Crippen MR) is 94.1 cm³/mol. The van der Waals surface area contributed by atoms with Crippen molar-refractivity contribution in [1.82, 2.24) is 10.2 Å². The van der Waals surface area contributed by atoms with Crippen molar-refractivity contribution in [3.05, 3.63) is 29.8 Å². The molecular weight excluding hydrogens is 276 g/mol. The number of piperidine rings is 1. The number of rotatable bonds is 7. The van der Waals surface area contributed by atoms with E-state index in [0.717, 1.165) is 0 Å². The molecule has 1 N–H and O–H groups in total. The molecule has 2 rings (SSSR count). The average molecular weight is 307 g/mol. The van der Waals surface area contributed by atoms with Crippen LogP contribution in [0.5, 0.6) is 0 Å². The summed E-state index contributed by atoms with van der Waals surface area (Å²) in [7, 11) is 0. The fourth-order valence-electron chi connectivity index (χ4n) is 3.19. The molecule has 2 unspecified atom stereocenters. The van der Waals surface area contributed by atoms with Gasteiger partial charge >= 0.3 is 0 Å². The van der Waals surface area contributed by atoms with Crippen molar-refractivity contribution in [2.75, 3.05) is 25.9 Å². The third kappa shape index (κ3) is 5.01. The van der Waals surface area contributed by atoms with E-state index in [1.165, 1.54) is 55.8 Å². The number of hydrogen-bond acceptors (Lipinski definition) is 3. The lowest BCUT2D eigenvalue weighted by atomic mass is 10.0. The Kier molecular flexibility index (Phi) is 7.08. The highest BCUT2D eigenvalue weighted by Crippen LogP contribution is 2.24. The maximum absolute atomic E-state index is 3.69. The van der Waals surface area contributed by atoms with Crippen LogP contribution >= 0.6 is 11.8 Å². The number of nitrogens with one attached hydrogen (secondary N) is 1. The molecule has 21 heavy (non-hydrogen) atoms. The fraction of sp³-hybridized carbons (Fsp3) is 0.667. The third-order valence-corrected chi connectivity index (χ3v) is 5.27. The van der Waals surface area contributed by atoms with Gasteiger partial charge in [0.15, 0.2) is 0 Å². The Morgan fingerprint density at radius 3 is 2.62 bits per heavy atom. The lowest BCUT2D eigenvalue weighted by molar-refractivity contribution is 0.176. The van der Waals surface area contributed by atoms with Crippen LogP contribution in [0.25, 0.3) is 0 Å². The first-order valence-corrected chi connectivity index (χ1v) is 9.58. The van der Waals surface area contributed by atoms with Crippen molar-refractivity contribution in [3.63, 3.8) is 0 Å². The maximum atomic E-state index is 3.69. The normalized spacial score (nSPS) is 20.7. The average Bonchev–Trinajstić information content (AvgIpc) is 2.55. The number of benzene rings is 1. The minimum Gasteiger partial charge on any atom is -0.313 e. The van der Waals surface area contributed by atoms with Crippen molar-refractivity contribution < 1.29 is 0 Å². The largest absolute Gasteiger partial charge is 0.313 e. The van der Waals surface area contributed by atoms with Gasteiger partial charge in [-0.2, -0.15) is 0 Å². The van der Waals surface area contributed by atoms with Crippen LogP contribution in [-0.2, 0) is 0 Å². The number of hydrogen-bond donors (Lipinski definition) is 1. The van der Waals surface area contributed by atoms with E-state index in [2.05, 4.69) is 54.6 Å². The Labute approximate surface area is 134 Å². The van der Waals surface area contributed by atoms with Crippen LogP contribution in [0.1, 0.15) is 51.1 Å².